The number of carbonyl (C=O) groups is 3. The maximum atomic E-state index is 12.3. The Labute approximate surface area is 162 Å². The Morgan fingerprint density at radius 1 is 1.33 bits per heavy atom. The van der Waals surface area contributed by atoms with Gasteiger partial charge in [-0.1, -0.05) is 30.0 Å². The highest BCUT2D eigenvalue weighted by Gasteiger charge is 2.38. The molecule has 0 bridgehead atoms. The summed E-state index contributed by atoms with van der Waals surface area (Å²) in [5.41, 5.74) is 3.59. The minimum atomic E-state index is -0.407. The lowest BCUT2D eigenvalue weighted by Crippen LogP contribution is -2.33. The number of hydrogen-bond donors (Lipinski definition) is 1. The first-order valence-corrected chi connectivity index (χ1v) is 9.76. The molecule has 1 aromatic carbocycles. The summed E-state index contributed by atoms with van der Waals surface area (Å²) in [4.78, 5) is 42.9. The van der Waals surface area contributed by atoms with Crippen LogP contribution < -0.4 is 5.48 Å². The monoisotopic (exact) mass is 390 g/mol. The third kappa shape index (κ3) is 4.97. The van der Waals surface area contributed by atoms with Crippen LogP contribution in [-0.4, -0.2) is 40.1 Å². The average Bonchev–Trinajstić information content (AvgIpc) is 2.95. The first-order valence-electron chi connectivity index (χ1n) is 8.88. The van der Waals surface area contributed by atoms with Crippen molar-refractivity contribution in [3.63, 3.8) is 0 Å². The lowest BCUT2D eigenvalue weighted by Gasteiger charge is -2.22. The number of hydrogen-bond acceptors (Lipinski definition) is 6. The molecule has 2 heterocycles. The summed E-state index contributed by atoms with van der Waals surface area (Å²) < 4.78 is 5.39. The Bertz CT molecular complexity index is 715. The molecule has 7 nitrogen and oxygen atoms in total. The van der Waals surface area contributed by atoms with Gasteiger partial charge in [0.2, 0.25) is 5.91 Å². The van der Waals surface area contributed by atoms with E-state index in [0.717, 1.165) is 36.6 Å². The Balaban J connectivity index is 1.53. The number of imide groups is 1. The fraction of sp³-hybridized carbons (Fsp3) is 0.421. The van der Waals surface area contributed by atoms with Gasteiger partial charge in [0.05, 0.1) is 11.8 Å². The quantitative estimate of drug-likeness (QED) is 0.569. The van der Waals surface area contributed by atoms with Gasteiger partial charge in [-0.3, -0.25) is 19.3 Å². The van der Waals surface area contributed by atoms with Crippen LogP contribution >= 0.6 is 11.8 Å². The molecule has 27 heavy (non-hydrogen) atoms. The van der Waals surface area contributed by atoms with Crippen LogP contribution in [0, 0.1) is 0 Å². The fourth-order valence-corrected chi connectivity index (χ4v) is 3.85. The summed E-state index contributed by atoms with van der Waals surface area (Å²) in [5.74, 6) is -0.571. The van der Waals surface area contributed by atoms with Crippen molar-refractivity contribution in [2.24, 2.45) is 0 Å². The van der Waals surface area contributed by atoms with E-state index in [1.165, 1.54) is 4.90 Å². The molecule has 8 heteroatoms. The molecule has 0 aliphatic carbocycles. The van der Waals surface area contributed by atoms with Gasteiger partial charge >= 0.3 is 0 Å². The molecule has 2 saturated heterocycles. The van der Waals surface area contributed by atoms with Crippen molar-refractivity contribution in [1.82, 2.24) is 10.4 Å². The molecule has 0 aromatic heterocycles. The number of nitrogens with zero attached hydrogens (tertiary/aromatic N) is 1. The predicted octanol–water partition coefficient (Wildman–Crippen LogP) is 3.01. The van der Waals surface area contributed by atoms with E-state index in [2.05, 4.69) is 12.1 Å². The molecular weight excluding hydrogens is 368 g/mol. The summed E-state index contributed by atoms with van der Waals surface area (Å²) in [5, 5.41) is -0.645. The van der Waals surface area contributed by atoms with E-state index in [4.69, 9.17) is 9.57 Å². The first kappa shape index (κ1) is 19.6. The molecule has 2 unspecified atom stereocenters. The second kappa shape index (κ2) is 9.16. The van der Waals surface area contributed by atoms with Gasteiger partial charge in [-0.15, -0.1) is 6.58 Å². The molecule has 1 aromatic rings. The molecule has 3 amide bonds. The number of thioether (sulfide) groups is 1. The van der Waals surface area contributed by atoms with Gasteiger partial charge in [0.15, 0.2) is 6.29 Å². The zero-order chi connectivity index (χ0) is 19.2. The van der Waals surface area contributed by atoms with Crippen LogP contribution in [0.3, 0.4) is 0 Å². The average molecular weight is 390 g/mol. The Morgan fingerprint density at radius 2 is 2.11 bits per heavy atom. The van der Waals surface area contributed by atoms with E-state index in [-0.39, 0.29) is 28.8 Å². The van der Waals surface area contributed by atoms with Crippen molar-refractivity contribution in [2.75, 3.05) is 6.61 Å². The second-order valence-electron chi connectivity index (χ2n) is 6.36. The topological polar surface area (TPSA) is 84.9 Å². The van der Waals surface area contributed by atoms with E-state index in [1.807, 2.05) is 0 Å². The zero-order valence-electron chi connectivity index (χ0n) is 14.9. The Hall–Kier alpha value is -2.16. The minimum Gasteiger partial charge on any atom is -0.350 e. The Kier molecular flexibility index (Phi) is 6.65. The highest BCUT2D eigenvalue weighted by atomic mass is 32.2. The maximum Gasteiger partial charge on any atom is 0.289 e. The predicted molar refractivity (Wildman–Crippen MR) is 101 cm³/mol. The Morgan fingerprint density at radius 3 is 2.78 bits per heavy atom. The summed E-state index contributed by atoms with van der Waals surface area (Å²) in [6.07, 6.45) is 4.46. The molecular formula is C19H22N2O5S. The van der Waals surface area contributed by atoms with Gasteiger partial charge in [-0.05, 0) is 37.0 Å². The van der Waals surface area contributed by atoms with Crippen molar-refractivity contribution >= 4 is 28.8 Å². The normalized spacial score (nSPS) is 22.7. The van der Waals surface area contributed by atoms with Crippen LogP contribution in [0.2, 0.25) is 0 Å². The van der Waals surface area contributed by atoms with Gasteiger partial charge in [-0.2, -0.15) is 0 Å². The van der Waals surface area contributed by atoms with Crippen LogP contribution in [0.25, 0.3) is 0 Å². The smallest absolute Gasteiger partial charge is 0.289 e. The standard InChI is InChI=1S/C19H22N2O5S/c1-2-5-15-18(23)21(19(24)27-15)12-13-7-9-14(10-8-13)17(22)20-26-16-6-3-4-11-25-16/h2,7-10,15-16H,1,3-6,11-12H2,(H,20,22). The van der Waals surface area contributed by atoms with Gasteiger partial charge in [0, 0.05) is 18.6 Å². The van der Waals surface area contributed by atoms with E-state index in [9.17, 15) is 14.4 Å². The zero-order valence-corrected chi connectivity index (χ0v) is 15.7. The van der Waals surface area contributed by atoms with E-state index >= 15 is 0 Å². The summed E-state index contributed by atoms with van der Waals surface area (Å²) >= 11 is 1.03. The second-order valence-corrected chi connectivity index (χ2v) is 7.52. The van der Waals surface area contributed by atoms with Gasteiger partial charge in [0.25, 0.3) is 11.1 Å². The molecule has 2 aliphatic heterocycles. The molecule has 2 atom stereocenters. The molecule has 2 aliphatic rings. The van der Waals surface area contributed by atoms with Crippen LogP contribution in [0.4, 0.5) is 4.79 Å². The highest BCUT2D eigenvalue weighted by molar-refractivity contribution is 8.15. The molecule has 2 fully saturated rings. The first-order chi connectivity index (χ1) is 13.1. The van der Waals surface area contributed by atoms with Gasteiger partial charge < -0.3 is 4.74 Å². The maximum absolute atomic E-state index is 12.3. The third-order valence-electron chi connectivity index (χ3n) is 4.36. The van der Waals surface area contributed by atoms with Crippen LogP contribution in [0.1, 0.15) is 41.6 Å². The number of carbonyl (C=O) groups excluding carboxylic acids is 3. The SMILES string of the molecule is C=CCC1SC(=O)N(Cc2ccc(C(=O)NOC3CCCCO3)cc2)C1=O. The number of amides is 3. The van der Waals surface area contributed by atoms with Crippen molar-refractivity contribution < 1.29 is 24.0 Å². The van der Waals surface area contributed by atoms with Crippen molar-refractivity contribution in [3.8, 4) is 0 Å². The molecule has 0 radical (unpaired) electrons. The lowest BCUT2D eigenvalue weighted by molar-refractivity contribution is -0.186. The van der Waals surface area contributed by atoms with Gasteiger partial charge in [0.1, 0.15) is 0 Å². The van der Waals surface area contributed by atoms with Crippen molar-refractivity contribution in [2.45, 2.75) is 43.8 Å². The molecule has 0 spiro atoms. The largest absolute Gasteiger partial charge is 0.350 e. The van der Waals surface area contributed by atoms with Gasteiger partial charge in [-0.25, -0.2) is 10.3 Å². The van der Waals surface area contributed by atoms with Crippen molar-refractivity contribution in [1.29, 1.82) is 0 Å². The van der Waals surface area contributed by atoms with Crippen LogP contribution in [0.15, 0.2) is 36.9 Å². The van der Waals surface area contributed by atoms with E-state index in [0.29, 0.717) is 18.6 Å². The molecule has 3 rings (SSSR count). The van der Waals surface area contributed by atoms with Crippen molar-refractivity contribution in [3.05, 3.63) is 48.0 Å². The number of hydroxylamine groups is 1. The van der Waals surface area contributed by atoms with E-state index in [1.54, 1.807) is 30.3 Å². The summed E-state index contributed by atoms with van der Waals surface area (Å²) in [6.45, 7) is 4.43. The summed E-state index contributed by atoms with van der Waals surface area (Å²) in [6, 6.07) is 6.71. The van der Waals surface area contributed by atoms with E-state index < -0.39 is 6.29 Å². The third-order valence-corrected chi connectivity index (χ3v) is 5.46. The number of rotatable bonds is 7. The molecule has 0 saturated carbocycles. The van der Waals surface area contributed by atoms with Crippen LogP contribution in [0.5, 0.6) is 0 Å². The number of benzene rings is 1. The number of ether oxygens (including phenoxy) is 1. The molecule has 1 N–H and O–H groups in total. The molecule has 144 valence electrons. The summed E-state index contributed by atoms with van der Waals surface area (Å²) in [7, 11) is 0. The lowest BCUT2D eigenvalue weighted by atomic mass is 10.1. The number of allylic oxidation sites excluding steroid dienone is 1. The minimum absolute atomic E-state index is 0.187. The number of nitrogens with one attached hydrogen (secondary N) is 1. The van der Waals surface area contributed by atoms with Crippen LogP contribution in [-0.2, 0) is 20.9 Å². The highest BCUT2D eigenvalue weighted by Crippen LogP contribution is 2.30. The fourth-order valence-electron chi connectivity index (χ4n) is 2.87.